The van der Waals surface area contributed by atoms with Gasteiger partial charge in [-0.1, -0.05) is 51.3 Å². The standard InChI is InChI=1S/C18H28N2O2/c1-3-5-9-15(4-2)14-20-17(21)12-13-19-18(22)16-10-7-6-8-11-16/h6-8,10-11,15H,3-5,9,12-14H2,1-2H3,(H,19,22)(H,20,21)/t15-/m1/s1. The predicted molar refractivity (Wildman–Crippen MR) is 89.7 cm³/mol. The minimum Gasteiger partial charge on any atom is -0.356 e. The molecule has 0 bridgehead atoms. The molecule has 0 saturated carbocycles. The minimum atomic E-state index is -0.136. The van der Waals surface area contributed by atoms with Gasteiger partial charge in [-0.15, -0.1) is 0 Å². The molecule has 0 saturated heterocycles. The van der Waals surface area contributed by atoms with Gasteiger partial charge >= 0.3 is 0 Å². The Morgan fingerprint density at radius 1 is 1.09 bits per heavy atom. The van der Waals surface area contributed by atoms with Gasteiger partial charge in [0.1, 0.15) is 0 Å². The maximum atomic E-state index is 11.8. The molecule has 0 heterocycles. The summed E-state index contributed by atoms with van der Waals surface area (Å²) in [5.74, 6) is 0.425. The fourth-order valence-electron chi connectivity index (χ4n) is 2.27. The molecule has 0 aliphatic rings. The van der Waals surface area contributed by atoms with E-state index in [4.69, 9.17) is 0 Å². The average molecular weight is 304 g/mol. The van der Waals surface area contributed by atoms with Crippen LogP contribution in [0.5, 0.6) is 0 Å². The Labute approximate surface area is 133 Å². The van der Waals surface area contributed by atoms with Crippen molar-refractivity contribution in [2.24, 2.45) is 5.92 Å². The molecule has 0 aromatic heterocycles. The van der Waals surface area contributed by atoms with Crippen LogP contribution in [-0.2, 0) is 4.79 Å². The van der Waals surface area contributed by atoms with Gasteiger partial charge in [-0.3, -0.25) is 9.59 Å². The van der Waals surface area contributed by atoms with E-state index in [2.05, 4.69) is 24.5 Å². The van der Waals surface area contributed by atoms with E-state index in [-0.39, 0.29) is 11.8 Å². The van der Waals surface area contributed by atoms with Crippen LogP contribution in [0.1, 0.15) is 56.3 Å². The van der Waals surface area contributed by atoms with E-state index in [0.717, 1.165) is 19.4 Å². The smallest absolute Gasteiger partial charge is 0.251 e. The maximum absolute atomic E-state index is 11.8. The molecule has 4 nitrogen and oxygen atoms in total. The van der Waals surface area contributed by atoms with Crippen LogP contribution in [0.2, 0.25) is 0 Å². The van der Waals surface area contributed by atoms with Gasteiger partial charge in [0.25, 0.3) is 5.91 Å². The van der Waals surface area contributed by atoms with E-state index in [1.807, 2.05) is 18.2 Å². The van der Waals surface area contributed by atoms with Crippen molar-refractivity contribution in [2.45, 2.75) is 46.0 Å². The first-order valence-corrected chi connectivity index (χ1v) is 8.27. The van der Waals surface area contributed by atoms with Gasteiger partial charge < -0.3 is 10.6 Å². The van der Waals surface area contributed by atoms with Crippen molar-refractivity contribution in [3.63, 3.8) is 0 Å². The van der Waals surface area contributed by atoms with Crippen molar-refractivity contribution >= 4 is 11.8 Å². The van der Waals surface area contributed by atoms with Gasteiger partial charge in [0, 0.05) is 25.1 Å². The number of amides is 2. The van der Waals surface area contributed by atoms with E-state index in [1.165, 1.54) is 12.8 Å². The van der Waals surface area contributed by atoms with Crippen LogP contribution in [0.3, 0.4) is 0 Å². The van der Waals surface area contributed by atoms with Crippen molar-refractivity contribution < 1.29 is 9.59 Å². The summed E-state index contributed by atoms with van der Waals surface area (Å²) in [7, 11) is 0. The molecule has 4 heteroatoms. The van der Waals surface area contributed by atoms with E-state index in [9.17, 15) is 9.59 Å². The van der Waals surface area contributed by atoms with Crippen molar-refractivity contribution in [1.82, 2.24) is 10.6 Å². The second-order valence-electron chi connectivity index (χ2n) is 5.59. The first kappa shape index (κ1) is 18.2. The third-order valence-electron chi connectivity index (χ3n) is 3.80. The Kier molecular flexibility index (Phi) is 8.96. The lowest BCUT2D eigenvalue weighted by atomic mass is 9.99. The zero-order chi connectivity index (χ0) is 16.2. The zero-order valence-corrected chi connectivity index (χ0v) is 13.7. The summed E-state index contributed by atoms with van der Waals surface area (Å²) in [5, 5.41) is 5.73. The lowest BCUT2D eigenvalue weighted by molar-refractivity contribution is -0.121. The van der Waals surface area contributed by atoms with Crippen molar-refractivity contribution in [3.8, 4) is 0 Å². The molecule has 122 valence electrons. The van der Waals surface area contributed by atoms with E-state index < -0.39 is 0 Å². The summed E-state index contributed by atoms with van der Waals surface area (Å²) in [6, 6.07) is 9.03. The second kappa shape index (κ2) is 10.8. The third kappa shape index (κ3) is 7.25. The summed E-state index contributed by atoms with van der Waals surface area (Å²) in [5.41, 5.74) is 0.619. The number of hydrogen-bond donors (Lipinski definition) is 2. The molecule has 1 rings (SSSR count). The van der Waals surface area contributed by atoms with Crippen LogP contribution < -0.4 is 10.6 Å². The summed E-state index contributed by atoms with van der Waals surface area (Å²) in [4.78, 5) is 23.6. The molecule has 0 radical (unpaired) electrons. The normalized spacial score (nSPS) is 11.7. The minimum absolute atomic E-state index is 0.00306. The molecule has 0 unspecified atom stereocenters. The first-order valence-electron chi connectivity index (χ1n) is 8.27. The highest BCUT2D eigenvalue weighted by molar-refractivity contribution is 5.94. The van der Waals surface area contributed by atoms with Gasteiger partial charge in [0.05, 0.1) is 0 Å². The number of hydrogen-bond acceptors (Lipinski definition) is 2. The van der Waals surface area contributed by atoms with Crippen molar-refractivity contribution in [3.05, 3.63) is 35.9 Å². The number of carbonyl (C=O) groups is 2. The molecule has 1 aromatic carbocycles. The lowest BCUT2D eigenvalue weighted by Gasteiger charge is -2.15. The topological polar surface area (TPSA) is 58.2 Å². The summed E-state index contributed by atoms with van der Waals surface area (Å²) in [6.07, 6.45) is 4.98. The lowest BCUT2D eigenvalue weighted by Crippen LogP contribution is -2.33. The number of nitrogens with one attached hydrogen (secondary N) is 2. The number of carbonyl (C=O) groups excluding carboxylic acids is 2. The molecule has 1 atom stereocenters. The summed E-state index contributed by atoms with van der Waals surface area (Å²) < 4.78 is 0. The molecule has 2 amide bonds. The number of unbranched alkanes of at least 4 members (excludes halogenated alkanes) is 1. The Morgan fingerprint density at radius 3 is 2.45 bits per heavy atom. The monoisotopic (exact) mass is 304 g/mol. The van der Waals surface area contributed by atoms with E-state index in [0.29, 0.717) is 24.4 Å². The average Bonchev–Trinajstić information content (AvgIpc) is 2.55. The van der Waals surface area contributed by atoms with Gasteiger partial charge in [-0.05, 0) is 24.5 Å². The molecule has 0 aliphatic carbocycles. The third-order valence-corrected chi connectivity index (χ3v) is 3.80. The Bertz CT molecular complexity index is 446. The molecule has 0 fully saturated rings. The highest BCUT2D eigenvalue weighted by Crippen LogP contribution is 2.11. The summed E-state index contributed by atoms with van der Waals surface area (Å²) in [6.45, 7) is 5.45. The van der Waals surface area contributed by atoms with Crippen LogP contribution in [0, 0.1) is 5.92 Å². The molecule has 0 spiro atoms. The predicted octanol–water partition coefficient (Wildman–Crippen LogP) is 3.14. The van der Waals surface area contributed by atoms with E-state index in [1.54, 1.807) is 12.1 Å². The highest BCUT2D eigenvalue weighted by atomic mass is 16.2. The van der Waals surface area contributed by atoms with Gasteiger partial charge in [0.15, 0.2) is 0 Å². The van der Waals surface area contributed by atoms with Gasteiger partial charge in [-0.25, -0.2) is 0 Å². The Balaban J connectivity index is 2.19. The molecule has 22 heavy (non-hydrogen) atoms. The van der Waals surface area contributed by atoms with Crippen LogP contribution in [0.15, 0.2) is 30.3 Å². The molecular formula is C18H28N2O2. The highest BCUT2D eigenvalue weighted by Gasteiger charge is 2.09. The largest absolute Gasteiger partial charge is 0.356 e. The van der Waals surface area contributed by atoms with Crippen LogP contribution in [0.25, 0.3) is 0 Å². The van der Waals surface area contributed by atoms with Crippen LogP contribution in [-0.4, -0.2) is 24.9 Å². The molecule has 1 aromatic rings. The second-order valence-corrected chi connectivity index (χ2v) is 5.59. The van der Waals surface area contributed by atoms with Crippen LogP contribution >= 0.6 is 0 Å². The van der Waals surface area contributed by atoms with E-state index >= 15 is 0 Å². The van der Waals surface area contributed by atoms with Gasteiger partial charge in [-0.2, -0.15) is 0 Å². The Hall–Kier alpha value is -1.84. The Morgan fingerprint density at radius 2 is 1.82 bits per heavy atom. The zero-order valence-electron chi connectivity index (χ0n) is 13.7. The fourth-order valence-corrected chi connectivity index (χ4v) is 2.27. The quantitative estimate of drug-likeness (QED) is 0.697. The number of benzene rings is 1. The summed E-state index contributed by atoms with van der Waals surface area (Å²) >= 11 is 0. The SMILES string of the molecule is CCCC[C@@H](CC)CNC(=O)CCNC(=O)c1ccccc1. The fraction of sp³-hybridized carbons (Fsp3) is 0.556. The number of rotatable bonds is 10. The maximum Gasteiger partial charge on any atom is 0.251 e. The molecule has 0 aliphatic heterocycles. The van der Waals surface area contributed by atoms with Gasteiger partial charge in [0.2, 0.25) is 5.91 Å². The van der Waals surface area contributed by atoms with Crippen molar-refractivity contribution in [1.29, 1.82) is 0 Å². The first-order chi connectivity index (χ1) is 10.7. The van der Waals surface area contributed by atoms with Crippen LogP contribution in [0.4, 0.5) is 0 Å². The van der Waals surface area contributed by atoms with Crippen molar-refractivity contribution in [2.75, 3.05) is 13.1 Å². The molecular weight excluding hydrogens is 276 g/mol. The molecule has 2 N–H and O–H groups in total.